The van der Waals surface area contributed by atoms with E-state index >= 15 is 0 Å². The number of allylic oxidation sites excluding steroid dienone is 14. The van der Waals surface area contributed by atoms with Gasteiger partial charge in [0, 0.05) is 19.3 Å². The van der Waals surface area contributed by atoms with E-state index in [4.69, 9.17) is 14.2 Å². The molecule has 0 aromatic rings. The molecule has 0 aromatic carbocycles. The van der Waals surface area contributed by atoms with Crippen molar-refractivity contribution in [2.45, 2.75) is 213 Å². The fourth-order valence-corrected chi connectivity index (χ4v) is 6.27. The Kier molecular flexibility index (Phi) is 43.6. The second-order valence-corrected chi connectivity index (χ2v) is 15.4. The van der Waals surface area contributed by atoms with Crippen molar-refractivity contribution in [3.05, 3.63) is 85.1 Å². The summed E-state index contributed by atoms with van der Waals surface area (Å²) in [5.41, 5.74) is 0. The number of hydrogen-bond donors (Lipinski definition) is 0. The average Bonchev–Trinajstić information content (AvgIpc) is 3.22. The zero-order valence-corrected chi connectivity index (χ0v) is 37.5. The molecule has 0 aromatic heterocycles. The molecule has 0 saturated heterocycles. The van der Waals surface area contributed by atoms with E-state index in [0.29, 0.717) is 19.3 Å². The molecule has 0 bridgehead atoms. The first kappa shape index (κ1) is 54.6. The summed E-state index contributed by atoms with van der Waals surface area (Å²) in [6, 6.07) is 0. The SMILES string of the molecule is CC\C=C/C=C\C=C/C=C\CCCCCC(=O)OC(COC(=O)CCCCCCC\C=C/C=C\C=C/CC)COC(=O)CCCCCCCCCCCCCCCC. The van der Waals surface area contributed by atoms with E-state index in [0.717, 1.165) is 89.9 Å². The van der Waals surface area contributed by atoms with Gasteiger partial charge in [-0.15, -0.1) is 0 Å². The van der Waals surface area contributed by atoms with Crippen LogP contribution < -0.4 is 0 Å². The highest BCUT2D eigenvalue weighted by Gasteiger charge is 2.19. The van der Waals surface area contributed by atoms with Gasteiger partial charge >= 0.3 is 17.9 Å². The maximum atomic E-state index is 12.7. The molecule has 0 aliphatic carbocycles. The topological polar surface area (TPSA) is 78.9 Å². The third-order valence-corrected chi connectivity index (χ3v) is 9.80. The minimum absolute atomic E-state index is 0.0987. The summed E-state index contributed by atoms with van der Waals surface area (Å²) in [5, 5.41) is 0. The minimum atomic E-state index is -0.802. The van der Waals surface area contributed by atoms with Crippen molar-refractivity contribution in [2.24, 2.45) is 0 Å². The number of ether oxygens (including phenoxy) is 3. The lowest BCUT2D eigenvalue weighted by Gasteiger charge is -2.18. The van der Waals surface area contributed by atoms with Crippen molar-refractivity contribution in [1.82, 2.24) is 0 Å². The van der Waals surface area contributed by atoms with Crippen LogP contribution in [0.25, 0.3) is 0 Å². The zero-order valence-electron chi connectivity index (χ0n) is 37.5. The Morgan fingerprint density at radius 1 is 0.362 bits per heavy atom. The Balaban J connectivity index is 4.47. The lowest BCUT2D eigenvalue weighted by Crippen LogP contribution is -2.30. The molecule has 0 radical (unpaired) electrons. The highest BCUT2D eigenvalue weighted by atomic mass is 16.6. The Labute approximate surface area is 356 Å². The van der Waals surface area contributed by atoms with Crippen LogP contribution in [0.1, 0.15) is 207 Å². The maximum Gasteiger partial charge on any atom is 0.306 e. The molecule has 58 heavy (non-hydrogen) atoms. The maximum absolute atomic E-state index is 12.7. The highest BCUT2D eigenvalue weighted by molar-refractivity contribution is 5.71. The van der Waals surface area contributed by atoms with Gasteiger partial charge in [0.1, 0.15) is 13.2 Å². The van der Waals surface area contributed by atoms with E-state index in [2.05, 4.69) is 69.4 Å². The van der Waals surface area contributed by atoms with Crippen LogP contribution in [0.4, 0.5) is 0 Å². The molecule has 0 spiro atoms. The van der Waals surface area contributed by atoms with E-state index in [1.165, 1.54) is 70.6 Å². The highest BCUT2D eigenvalue weighted by Crippen LogP contribution is 2.14. The molecule has 1 atom stereocenters. The molecule has 0 amide bonds. The fraction of sp³-hybridized carbons (Fsp3) is 0.673. The lowest BCUT2D eigenvalue weighted by molar-refractivity contribution is -0.167. The molecule has 0 aliphatic heterocycles. The van der Waals surface area contributed by atoms with Gasteiger partial charge in [0.15, 0.2) is 6.10 Å². The summed E-state index contributed by atoms with van der Waals surface area (Å²) in [6.07, 6.45) is 58.5. The van der Waals surface area contributed by atoms with Gasteiger partial charge in [-0.2, -0.15) is 0 Å². The molecule has 0 rings (SSSR count). The molecule has 6 nitrogen and oxygen atoms in total. The quantitative estimate of drug-likeness (QED) is 0.0265. The van der Waals surface area contributed by atoms with E-state index in [-0.39, 0.29) is 37.5 Å². The average molecular weight is 807 g/mol. The number of rotatable bonds is 41. The summed E-state index contributed by atoms with van der Waals surface area (Å²) in [5.74, 6) is -0.964. The van der Waals surface area contributed by atoms with E-state index < -0.39 is 6.10 Å². The van der Waals surface area contributed by atoms with Crippen LogP contribution in [0.5, 0.6) is 0 Å². The number of esters is 3. The van der Waals surface area contributed by atoms with Gasteiger partial charge in [-0.1, -0.05) is 215 Å². The number of carbonyl (C=O) groups is 3. The predicted molar refractivity (Wildman–Crippen MR) is 247 cm³/mol. The first-order chi connectivity index (χ1) is 28.5. The van der Waals surface area contributed by atoms with Crippen molar-refractivity contribution in [3.8, 4) is 0 Å². The first-order valence-electron chi connectivity index (χ1n) is 23.7. The first-order valence-corrected chi connectivity index (χ1v) is 23.7. The molecule has 330 valence electrons. The molecule has 0 N–H and O–H groups in total. The van der Waals surface area contributed by atoms with E-state index in [1.54, 1.807) is 0 Å². The summed E-state index contributed by atoms with van der Waals surface area (Å²) in [4.78, 5) is 37.8. The van der Waals surface area contributed by atoms with Crippen molar-refractivity contribution < 1.29 is 28.6 Å². The largest absolute Gasteiger partial charge is 0.462 e. The van der Waals surface area contributed by atoms with Gasteiger partial charge in [-0.3, -0.25) is 14.4 Å². The molecule has 6 heteroatoms. The van der Waals surface area contributed by atoms with Crippen molar-refractivity contribution in [1.29, 1.82) is 0 Å². The standard InChI is InChI=1S/C52H86O6/c1-4-7-10-13-16-19-22-25-28-30-33-36-39-42-45-51(54)57-48-49(58-52(55)46-43-40-37-34-31-27-24-21-18-15-12-9-6-3)47-56-50(53)44-41-38-35-32-29-26-23-20-17-14-11-8-5-2/h8-9,11-12,14-15,17-18,20-21,23-24,27,31,49H,4-7,10,13,16,19,22,25-26,28-30,32-48H2,1-3H3/b11-8-,12-9-,17-14-,18-15-,23-20-,24-21-,31-27-. The molecular formula is C52H86O6. The van der Waals surface area contributed by atoms with Crippen molar-refractivity contribution >= 4 is 17.9 Å². The van der Waals surface area contributed by atoms with Gasteiger partial charge < -0.3 is 14.2 Å². The van der Waals surface area contributed by atoms with Gasteiger partial charge in [0.2, 0.25) is 0 Å². The molecule has 1 unspecified atom stereocenters. The van der Waals surface area contributed by atoms with Crippen LogP contribution in [-0.4, -0.2) is 37.2 Å². The van der Waals surface area contributed by atoms with Crippen LogP contribution in [-0.2, 0) is 28.6 Å². The van der Waals surface area contributed by atoms with Crippen LogP contribution in [0.3, 0.4) is 0 Å². The van der Waals surface area contributed by atoms with Crippen LogP contribution in [0.15, 0.2) is 85.1 Å². The third-order valence-electron chi connectivity index (χ3n) is 9.80. The fourth-order valence-electron chi connectivity index (χ4n) is 6.27. The van der Waals surface area contributed by atoms with Gasteiger partial charge in [-0.05, 0) is 57.8 Å². The molecule has 0 aliphatic rings. The molecule has 0 heterocycles. The Morgan fingerprint density at radius 2 is 0.672 bits per heavy atom. The minimum Gasteiger partial charge on any atom is -0.462 e. The predicted octanol–water partition coefficient (Wildman–Crippen LogP) is 15.3. The molecule has 0 saturated carbocycles. The van der Waals surface area contributed by atoms with Gasteiger partial charge in [0.05, 0.1) is 0 Å². The van der Waals surface area contributed by atoms with Crippen molar-refractivity contribution in [2.75, 3.05) is 13.2 Å². The second-order valence-electron chi connectivity index (χ2n) is 15.4. The Morgan fingerprint density at radius 3 is 1.07 bits per heavy atom. The second kappa shape index (κ2) is 46.3. The summed E-state index contributed by atoms with van der Waals surface area (Å²) >= 11 is 0. The van der Waals surface area contributed by atoms with Crippen molar-refractivity contribution in [3.63, 3.8) is 0 Å². The van der Waals surface area contributed by atoms with E-state index in [9.17, 15) is 14.4 Å². The van der Waals surface area contributed by atoms with E-state index in [1.807, 2.05) is 36.5 Å². The van der Waals surface area contributed by atoms with Gasteiger partial charge in [0.25, 0.3) is 0 Å². The monoisotopic (exact) mass is 807 g/mol. The number of unbranched alkanes of at least 4 members (excludes halogenated alkanes) is 21. The summed E-state index contributed by atoms with van der Waals surface area (Å²) in [6.45, 7) is 6.30. The Bertz CT molecular complexity index is 1160. The smallest absolute Gasteiger partial charge is 0.306 e. The number of hydrogen-bond acceptors (Lipinski definition) is 6. The van der Waals surface area contributed by atoms with Gasteiger partial charge in [-0.25, -0.2) is 0 Å². The lowest BCUT2D eigenvalue weighted by atomic mass is 10.0. The van der Waals surface area contributed by atoms with Crippen LogP contribution in [0, 0.1) is 0 Å². The van der Waals surface area contributed by atoms with Crippen LogP contribution in [0.2, 0.25) is 0 Å². The van der Waals surface area contributed by atoms with Crippen LogP contribution >= 0.6 is 0 Å². The normalized spacial score (nSPS) is 12.8. The zero-order chi connectivity index (χ0) is 42.3. The molecule has 0 fully saturated rings. The summed E-state index contributed by atoms with van der Waals surface area (Å²) in [7, 11) is 0. The summed E-state index contributed by atoms with van der Waals surface area (Å²) < 4.78 is 16.7. The third kappa shape index (κ3) is 43.7. The Hall–Kier alpha value is -3.41. The number of carbonyl (C=O) groups excluding carboxylic acids is 3. The molecular weight excluding hydrogens is 721 g/mol.